The topological polar surface area (TPSA) is 59.0 Å². The molecule has 2 rings (SSSR count). The molecule has 0 bridgehead atoms. The lowest BCUT2D eigenvalue weighted by Gasteiger charge is -2.16. The van der Waals surface area contributed by atoms with Crippen molar-refractivity contribution in [3.63, 3.8) is 0 Å². The zero-order valence-corrected chi connectivity index (χ0v) is 8.84. The molecule has 0 amide bonds. The molecule has 1 aromatic rings. The Balaban J connectivity index is 2.77. The van der Waals surface area contributed by atoms with Crippen LogP contribution in [-0.2, 0) is 0 Å². The van der Waals surface area contributed by atoms with Crippen LogP contribution < -0.4 is 10.5 Å². The van der Waals surface area contributed by atoms with Crippen LogP contribution in [0, 0.1) is 11.3 Å². The third kappa shape index (κ3) is 1.26. The summed E-state index contributed by atoms with van der Waals surface area (Å²) in [5.41, 5.74) is 7.42. The van der Waals surface area contributed by atoms with Crippen molar-refractivity contribution in [1.29, 1.82) is 5.26 Å². The molecule has 1 aliphatic rings. The number of hydrogen-bond acceptors (Lipinski definition) is 3. The number of nitrogens with two attached hydrogens (primary N) is 1. The van der Waals surface area contributed by atoms with Gasteiger partial charge in [0.25, 0.3) is 0 Å². The number of ether oxygens (including phenoxy) is 1. The molecule has 0 unspecified atom stereocenters. The summed E-state index contributed by atoms with van der Waals surface area (Å²) in [5.74, 6) is 0.571. The van der Waals surface area contributed by atoms with Gasteiger partial charge in [0.15, 0.2) is 0 Å². The molecule has 14 heavy (non-hydrogen) atoms. The van der Waals surface area contributed by atoms with E-state index in [1.807, 2.05) is 18.2 Å². The molecular weight excluding hydrogens is 244 g/mol. The first-order valence-corrected chi connectivity index (χ1v) is 4.84. The van der Waals surface area contributed by atoms with Crippen molar-refractivity contribution in [3.8, 4) is 11.8 Å². The van der Waals surface area contributed by atoms with Gasteiger partial charge in [-0.3, -0.25) is 0 Å². The summed E-state index contributed by atoms with van der Waals surface area (Å²) in [5, 5.41) is 8.92. The predicted molar refractivity (Wildman–Crippen MR) is 57.8 cm³/mol. The molecule has 0 aliphatic carbocycles. The van der Waals surface area contributed by atoms with Crippen molar-refractivity contribution in [1.82, 2.24) is 0 Å². The number of anilines is 1. The monoisotopic (exact) mass is 250 g/mol. The molecule has 0 fully saturated rings. The Morgan fingerprint density at radius 2 is 2.36 bits per heavy atom. The molecule has 2 N–H and O–H groups in total. The van der Waals surface area contributed by atoms with Gasteiger partial charge in [-0.15, -0.1) is 0 Å². The molecule has 0 saturated carbocycles. The largest absolute Gasteiger partial charge is 0.487 e. The molecule has 4 heteroatoms. The summed E-state index contributed by atoms with van der Waals surface area (Å²) in [4.78, 5) is 0. The minimum absolute atomic E-state index is 0.410. The van der Waals surface area contributed by atoms with Crippen LogP contribution in [0.15, 0.2) is 16.6 Å². The Morgan fingerprint density at radius 3 is 3.07 bits per heavy atom. The molecule has 70 valence electrons. The van der Waals surface area contributed by atoms with Crippen molar-refractivity contribution in [2.75, 3.05) is 12.3 Å². The van der Waals surface area contributed by atoms with Crippen LogP contribution in [-0.4, -0.2) is 6.61 Å². The molecule has 0 aromatic heterocycles. The van der Waals surface area contributed by atoms with Crippen molar-refractivity contribution in [3.05, 3.63) is 27.7 Å². The summed E-state index contributed by atoms with van der Waals surface area (Å²) < 4.78 is 6.24. The lowest BCUT2D eigenvalue weighted by molar-refractivity contribution is 0.357. The second-order valence-electron chi connectivity index (χ2n) is 2.89. The minimum atomic E-state index is 0.410. The van der Waals surface area contributed by atoms with E-state index in [1.54, 1.807) is 6.07 Å². The number of hydrogen-bond donors (Lipinski definition) is 1. The van der Waals surface area contributed by atoms with Gasteiger partial charge < -0.3 is 10.5 Å². The Kier molecular flexibility index (Phi) is 2.18. The van der Waals surface area contributed by atoms with Gasteiger partial charge in [-0.1, -0.05) is 6.08 Å². The Bertz CT molecular complexity index is 460. The standard InChI is InChI=1S/C10H7BrN2O/c11-8-4-9(13)7(5-12)10-6(8)2-1-3-14-10/h1-2,4H,3,13H2. The third-order valence-electron chi connectivity index (χ3n) is 2.02. The van der Waals surface area contributed by atoms with E-state index in [1.165, 1.54) is 0 Å². The molecule has 0 atom stereocenters. The summed E-state index contributed by atoms with van der Waals surface area (Å²) in [6.45, 7) is 0.484. The maximum absolute atomic E-state index is 8.92. The van der Waals surface area contributed by atoms with Gasteiger partial charge in [-0.2, -0.15) is 5.26 Å². The van der Waals surface area contributed by atoms with Crippen LogP contribution >= 0.6 is 15.9 Å². The van der Waals surface area contributed by atoms with E-state index >= 15 is 0 Å². The van der Waals surface area contributed by atoms with Gasteiger partial charge in [-0.05, 0) is 28.1 Å². The van der Waals surface area contributed by atoms with E-state index in [2.05, 4.69) is 15.9 Å². The van der Waals surface area contributed by atoms with E-state index in [4.69, 9.17) is 15.7 Å². The van der Waals surface area contributed by atoms with Gasteiger partial charge in [0.2, 0.25) is 0 Å². The number of nitrogen functional groups attached to an aromatic ring is 1. The maximum Gasteiger partial charge on any atom is 0.147 e. The second-order valence-corrected chi connectivity index (χ2v) is 3.74. The van der Waals surface area contributed by atoms with Crippen LogP contribution in [0.4, 0.5) is 5.69 Å². The summed E-state index contributed by atoms with van der Waals surface area (Å²) in [7, 11) is 0. The highest BCUT2D eigenvalue weighted by molar-refractivity contribution is 9.10. The number of fused-ring (bicyclic) bond motifs is 1. The number of nitrogens with zero attached hydrogens (tertiary/aromatic N) is 1. The van der Waals surface area contributed by atoms with Gasteiger partial charge in [0.05, 0.1) is 5.69 Å². The van der Waals surface area contributed by atoms with Crippen molar-refractivity contribution < 1.29 is 4.74 Å². The molecule has 0 saturated heterocycles. The van der Waals surface area contributed by atoms with Crippen LogP contribution in [0.5, 0.6) is 5.75 Å². The molecule has 1 aliphatic heterocycles. The number of halogens is 1. The van der Waals surface area contributed by atoms with Crippen LogP contribution in [0.2, 0.25) is 0 Å². The van der Waals surface area contributed by atoms with Gasteiger partial charge in [0, 0.05) is 10.0 Å². The first kappa shape index (κ1) is 9.10. The van der Waals surface area contributed by atoms with E-state index < -0.39 is 0 Å². The average molecular weight is 251 g/mol. The van der Waals surface area contributed by atoms with Gasteiger partial charge in [0.1, 0.15) is 24.0 Å². The fourth-order valence-corrected chi connectivity index (χ4v) is 1.94. The van der Waals surface area contributed by atoms with Crippen molar-refractivity contribution >= 4 is 27.7 Å². The third-order valence-corrected chi connectivity index (χ3v) is 2.68. The lowest BCUT2D eigenvalue weighted by Crippen LogP contribution is -2.05. The highest BCUT2D eigenvalue weighted by Gasteiger charge is 2.17. The molecule has 1 aromatic carbocycles. The van der Waals surface area contributed by atoms with Gasteiger partial charge >= 0.3 is 0 Å². The highest BCUT2D eigenvalue weighted by Crippen LogP contribution is 2.37. The Hall–Kier alpha value is -1.47. The predicted octanol–water partition coefficient (Wildman–Crippen LogP) is 2.31. The number of benzene rings is 1. The fraction of sp³-hybridized carbons (Fsp3) is 0.100. The number of nitriles is 1. The molecule has 1 heterocycles. The minimum Gasteiger partial charge on any atom is -0.487 e. The first-order valence-electron chi connectivity index (χ1n) is 4.05. The first-order chi connectivity index (χ1) is 6.74. The molecule has 0 radical (unpaired) electrons. The summed E-state index contributed by atoms with van der Waals surface area (Å²) in [6, 6.07) is 3.76. The van der Waals surface area contributed by atoms with Crippen molar-refractivity contribution in [2.24, 2.45) is 0 Å². The molecule has 0 spiro atoms. The average Bonchev–Trinajstić information content (AvgIpc) is 2.18. The quantitative estimate of drug-likeness (QED) is 0.719. The number of rotatable bonds is 0. The maximum atomic E-state index is 8.92. The molecular formula is C10H7BrN2O. The fourth-order valence-electron chi connectivity index (χ4n) is 1.38. The Labute approximate surface area is 89.9 Å². The van der Waals surface area contributed by atoms with Crippen LogP contribution in [0.25, 0.3) is 6.08 Å². The van der Waals surface area contributed by atoms with Crippen LogP contribution in [0.1, 0.15) is 11.1 Å². The van der Waals surface area contributed by atoms with E-state index in [0.717, 1.165) is 10.0 Å². The van der Waals surface area contributed by atoms with Crippen LogP contribution in [0.3, 0.4) is 0 Å². The zero-order valence-electron chi connectivity index (χ0n) is 7.25. The zero-order chi connectivity index (χ0) is 10.1. The smallest absolute Gasteiger partial charge is 0.147 e. The summed E-state index contributed by atoms with van der Waals surface area (Å²) in [6.07, 6.45) is 3.81. The lowest BCUT2D eigenvalue weighted by atomic mass is 10.1. The van der Waals surface area contributed by atoms with E-state index in [0.29, 0.717) is 23.6 Å². The van der Waals surface area contributed by atoms with Gasteiger partial charge in [-0.25, -0.2) is 0 Å². The Morgan fingerprint density at radius 1 is 1.57 bits per heavy atom. The second kappa shape index (κ2) is 3.35. The van der Waals surface area contributed by atoms with E-state index in [-0.39, 0.29) is 0 Å². The SMILES string of the molecule is N#Cc1c(N)cc(Br)c2c1OCC=C2. The molecule has 3 nitrogen and oxygen atoms in total. The van der Waals surface area contributed by atoms with E-state index in [9.17, 15) is 0 Å². The summed E-state index contributed by atoms with van der Waals surface area (Å²) >= 11 is 3.38. The normalized spacial score (nSPS) is 12.9. The highest BCUT2D eigenvalue weighted by atomic mass is 79.9. The van der Waals surface area contributed by atoms with Crippen molar-refractivity contribution in [2.45, 2.75) is 0 Å².